The molecule has 1 aliphatic heterocycles. The monoisotopic (exact) mass is 389 g/mol. The van der Waals surface area contributed by atoms with Gasteiger partial charge in [-0.05, 0) is 81.9 Å². The summed E-state index contributed by atoms with van der Waals surface area (Å²) in [4.78, 5) is 12.3. The van der Waals surface area contributed by atoms with E-state index in [-0.39, 0.29) is 0 Å². The summed E-state index contributed by atoms with van der Waals surface area (Å²) in [6.07, 6.45) is 8.08. The Balaban J connectivity index is 1.43. The number of benzene rings is 1. The third kappa shape index (κ3) is 3.81. The van der Waals surface area contributed by atoms with Crippen LogP contribution in [0, 0.1) is 5.92 Å². The smallest absolute Gasteiger partial charge is 0.124 e. The topological polar surface area (TPSA) is 46.0 Å². The van der Waals surface area contributed by atoms with E-state index in [1.165, 1.54) is 48.3 Å². The number of aromatic nitrogens is 3. The van der Waals surface area contributed by atoms with Crippen LogP contribution in [0.1, 0.15) is 48.8 Å². The average Bonchev–Trinajstić information content (AvgIpc) is 3.11. The molecule has 0 bridgehead atoms. The Morgan fingerprint density at radius 2 is 2.07 bits per heavy atom. The summed E-state index contributed by atoms with van der Waals surface area (Å²) in [7, 11) is 2.24. The lowest BCUT2D eigenvalue weighted by atomic mass is 9.91. The normalized spacial score (nSPS) is 22.1. The fraction of sp³-hybridized carbons (Fsp3) is 0.500. The standard InChI is InChI=1S/C24H31N5/c1-28(22-12-4-8-19-9-6-14-26-24(19)22)17-23-27-20-10-2-3-11-21(20)29(23)16-18-7-5-13-25-15-18/h2-3,6,9-11,14,18,22,25H,4-5,7-8,12-13,15-17H2,1H3/t18-,22+/m0/s1. The number of para-hydroxylation sites is 2. The molecule has 3 aromatic rings. The van der Waals surface area contributed by atoms with Crippen LogP contribution in [0.4, 0.5) is 0 Å². The molecule has 5 nitrogen and oxygen atoms in total. The molecule has 5 heteroatoms. The number of hydrogen-bond acceptors (Lipinski definition) is 4. The number of imidazole rings is 1. The minimum absolute atomic E-state index is 0.379. The van der Waals surface area contributed by atoms with Gasteiger partial charge in [-0.25, -0.2) is 4.98 Å². The van der Waals surface area contributed by atoms with Crippen molar-refractivity contribution in [2.75, 3.05) is 20.1 Å². The summed E-state index contributed by atoms with van der Waals surface area (Å²) < 4.78 is 2.48. The molecule has 1 saturated heterocycles. The van der Waals surface area contributed by atoms with Crippen molar-refractivity contribution in [1.29, 1.82) is 0 Å². The highest BCUT2D eigenvalue weighted by molar-refractivity contribution is 5.75. The first-order valence-corrected chi connectivity index (χ1v) is 11.1. The fourth-order valence-corrected chi connectivity index (χ4v) is 5.14. The van der Waals surface area contributed by atoms with Gasteiger partial charge in [0.25, 0.3) is 0 Å². The third-order valence-corrected chi connectivity index (χ3v) is 6.66. The number of fused-ring (bicyclic) bond motifs is 2. The van der Waals surface area contributed by atoms with Crippen LogP contribution < -0.4 is 5.32 Å². The lowest BCUT2D eigenvalue weighted by molar-refractivity contribution is 0.200. The molecule has 2 aromatic heterocycles. The molecule has 0 spiro atoms. The summed E-state index contributed by atoms with van der Waals surface area (Å²) in [6.45, 7) is 4.18. The van der Waals surface area contributed by atoms with Gasteiger partial charge in [-0.3, -0.25) is 9.88 Å². The maximum Gasteiger partial charge on any atom is 0.124 e. The van der Waals surface area contributed by atoms with Crippen molar-refractivity contribution in [2.24, 2.45) is 5.92 Å². The quantitative estimate of drug-likeness (QED) is 0.718. The maximum absolute atomic E-state index is 5.05. The van der Waals surface area contributed by atoms with Gasteiger partial charge in [-0.1, -0.05) is 18.2 Å². The number of nitrogens with one attached hydrogen (secondary N) is 1. The second-order valence-electron chi connectivity index (χ2n) is 8.71. The van der Waals surface area contributed by atoms with Crippen molar-refractivity contribution in [3.63, 3.8) is 0 Å². The highest BCUT2D eigenvalue weighted by Gasteiger charge is 2.26. The Labute approximate surface area is 173 Å². The Bertz CT molecular complexity index is 972. The van der Waals surface area contributed by atoms with E-state index in [1.807, 2.05) is 6.20 Å². The number of pyridine rings is 1. The summed E-state index contributed by atoms with van der Waals surface area (Å²) in [5.74, 6) is 1.87. The molecule has 152 valence electrons. The minimum Gasteiger partial charge on any atom is -0.327 e. The molecule has 0 radical (unpaired) electrons. The van der Waals surface area contributed by atoms with E-state index in [0.717, 1.165) is 38.1 Å². The van der Waals surface area contributed by atoms with Gasteiger partial charge in [0.2, 0.25) is 0 Å². The van der Waals surface area contributed by atoms with Gasteiger partial charge in [-0.15, -0.1) is 0 Å². The van der Waals surface area contributed by atoms with Crippen LogP contribution >= 0.6 is 0 Å². The first-order valence-electron chi connectivity index (χ1n) is 11.1. The second-order valence-corrected chi connectivity index (χ2v) is 8.71. The molecule has 2 aliphatic rings. The number of aryl methyl sites for hydroxylation is 1. The molecule has 5 rings (SSSR count). The first kappa shape index (κ1) is 18.8. The Morgan fingerprint density at radius 3 is 2.97 bits per heavy atom. The van der Waals surface area contributed by atoms with E-state index in [1.54, 1.807) is 0 Å². The van der Waals surface area contributed by atoms with Crippen molar-refractivity contribution < 1.29 is 0 Å². The lowest BCUT2D eigenvalue weighted by Crippen LogP contribution is -2.33. The van der Waals surface area contributed by atoms with Crippen LogP contribution in [0.5, 0.6) is 0 Å². The van der Waals surface area contributed by atoms with Gasteiger partial charge in [0, 0.05) is 12.7 Å². The summed E-state index contributed by atoms with van der Waals surface area (Å²) >= 11 is 0. The molecule has 29 heavy (non-hydrogen) atoms. The Morgan fingerprint density at radius 1 is 1.14 bits per heavy atom. The highest BCUT2D eigenvalue weighted by atomic mass is 15.2. The van der Waals surface area contributed by atoms with Crippen LogP contribution in [0.3, 0.4) is 0 Å². The van der Waals surface area contributed by atoms with E-state index < -0.39 is 0 Å². The van der Waals surface area contributed by atoms with Crippen molar-refractivity contribution in [3.8, 4) is 0 Å². The lowest BCUT2D eigenvalue weighted by Gasteiger charge is -2.32. The van der Waals surface area contributed by atoms with Gasteiger partial charge >= 0.3 is 0 Å². The third-order valence-electron chi connectivity index (χ3n) is 6.66. The Kier molecular flexibility index (Phi) is 5.34. The number of hydrogen-bond donors (Lipinski definition) is 1. The largest absolute Gasteiger partial charge is 0.327 e. The molecular weight excluding hydrogens is 358 g/mol. The zero-order valence-corrected chi connectivity index (χ0v) is 17.3. The summed E-state index contributed by atoms with van der Waals surface area (Å²) in [5, 5.41) is 3.57. The predicted molar refractivity (Wildman–Crippen MR) is 117 cm³/mol. The van der Waals surface area contributed by atoms with Crippen LogP contribution in [-0.4, -0.2) is 39.6 Å². The minimum atomic E-state index is 0.379. The van der Waals surface area contributed by atoms with Gasteiger partial charge in [-0.2, -0.15) is 0 Å². The first-order chi connectivity index (χ1) is 14.3. The van der Waals surface area contributed by atoms with Crippen molar-refractivity contribution in [1.82, 2.24) is 24.8 Å². The van der Waals surface area contributed by atoms with Crippen molar-refractivity contribution in [2.45, 2.75) is 51.2 Å². The molecule has 1 fully saturated rings. The summed E-state index contributed by atoms with van der Waals surface area (Å²) in [6, 6.07) is 13.3. The molecule has 1 aromatic carbocycles. The molecule has 0 unspecified atom stereocenters. The van der Waals surface area contributed by atoms with E-state index in [9.17, 15) is 0 Å². The Hall–Kier alpha value is -2.24. The molecule has 0 amide bonds. The van der Waals surface area contributed by atoms with Gasteiger partial charge in [0.15, 0.2) is 0 Å². The van der Waals surface area contributed by atoms with Gasteiger partial charge in [0.1, 0.15) is 5.82 Å². The molecule has 1 N–H and O–H groups in total. The van der Waals surface area contributed by atoms with E-state index in [4.69, 9.17) is 9.97 Å². The van der Waals surface area contributed by atoms with Crippen molar-refractivity contribution >= 4 is 11.0 Å². The molecule has 0 saturated carbocycles. The molecular formula is C24H31N5. The second kappa shape index (κ2) is 8.25. The summed E-state index contributed by atoms with van der Waals surface area (Å²) in [5.41, 5.74) is 5.06. The number of piperidine rings is 1. The fourth-order valence-electron chi connectivity index (χ4n) is 5.14. The van der Waals surface area contributed by atoms with Crippen LogP contribution in [0.25, 0.3) is 11.0 Å². The number of rotatable bonds is 5. The highest BCUT2D eigenvalue weighted by Crippen LogP contribution is 2.33. The van der Waals surface area contributed by atoms with Crippen LogP contribution in [0.15, 0.2) is 42.6 Å². The predicted octanol–water partition coefficient (Wildman–Crippen LogP) is 3.94. The van der Waals surface area contributed by atoms with Crippen LogP contribution in [-0.2, 0) is 19.5 Å². The number of nitrogens with zero attached hydrogens (tertiary/aromatic N) is 4. The van der Waals surface area contributed by atoms with E-state index in [2.05, 4.69) is 58.2 Å². The molecule has 3 heterocycles. The zero-order chi connectivity index (χ0) is 19.6. The van der Waals surface area contributed by atoms with Crippen molar-refractivity contribution in [3.05, 3.63) is 59.7 Å². The maximum atomic E-state index is 5.05. The molecule has 2 atom stereocenters. The SMILES string of the molecule is CN(Cc1nc2ccccc2n1C[C@H]1CCCNC1)[C@@H]1CCCc2cccnc21. The van der Waals surface area contributed by atoms with Gasteiger partial charge < -0.3 is 9.88 Å². The molecule has 1 aliphatic carbocycles. The van der Waals surface area contributed by atoms with Crippen LogP contribution in [0.2, 0.25) is 0 Å². The van der Waals surface area contributed by atoms with E-state index >= 15 is 0 Å². The average molecular weight is 390 g/mol. The van der Waals surface area contributed by atoms with E-state index in [0.29, 0.717) is 12.0 Å². The van der Waals surface area contributed by atoms with Gasteiger partial charge in [0.05, 0.1) is 29.3 Å². The zero-order valence-electron chi connectivity index (χ0n) is 17.3.